The number of carbonyl (C=O) groups is 9. The number of hydrogen-bond donors (Lipinski definition) is 12. The van der Waals surface area contributed by atoms with Gasteiger partial charge in [0.15, 0.2) is 6.04 Å². The molecule has 1 aromatic carbocycles. The van der Waals surface area contributed by atoms with Crippen LogP contribution in [0.5, 0.6) is 0 Å². The molecule has 0 aliphatic carbocycles. The number of nitrogens with zero attached hydrogens (tertiary/aromatic N) is 1. The van der Waals surface area contributed by atoms with E-state index in [0.29, 0.717) is 18.4 Å². The number of unbranched alkanes of at least 4 members (excludes halogenated alkanes) is 1. The van der Waals surface area contributed by atoms with Gasteiger partial charge in [-0.05, 0) is 51.1 Å². The van der Waals surface area contributed by atoms with Gasteiger partial charge in [-0.3, -0.25) is 38.4 Å². The van der Waals surface area contributed by atoms with Crippen molar-refractivity contribution in [2.75, 3.05) is 19.7 Å². The van der Waals surface area contributed by atoms with Gasteiger partial charge in [0, 0.05) is 13.0 Å². The molecule has 0 unspecified atom stereocenters. The van der Waals surface area contributed by atoms with Crippen LogP contribution in [0, 0.1) is 0 Å². The predicted molar refractivity (Wildman–Crippen MR) is 199 cm³/mol. The highest BCUT2D eigenvalue weighted by atomic mass is 16.4. The van der Waals surface area contributed by atoms with Gasteiger partial charge in [0.05, 0.1) is 31.6 Å². The molecule has 1 fully saturated rings. The number of amides is 8. The lowest BCUT2D eigenvalue weighted by Gasteiger charge is -2.31. The van der Waals surface area contributed by atoms with Crippen LogP contribution in [0.15, 0.2) is 30.3 Å². The summed E-state index contributed by atoms with van der Waals surface area (Å²) in [5, 5.41) is 40.8. The summed E-state index contributed by atoms with van der Waals surface area (Å²) in [6, 6.07) is -1.95. The minimum absolute atomic E-state index is 0.0572. The quantitative estimate of drug-likeness (QED) is 0.0434. The molecule has 0 aromatic heterocycles. The summed E-state index contributed by atoms with van der Waals surface area (Å²) < 4.78 is 0. The molecule has 1 saturated heterocycles. The van der Waals surface area contributed by atoms with Crippen molar-refractivity contribution in [3.05, 3.63) is 35.9 Å². The first-order valence-corrected chi connectivity index (χ1v) is 18.3. The number of nitrogens with two attached hydrogens (primary N) is 4. The lowest BCUT2D eigenvalue weighted by atomic mass is 10.0. The van der Waals surface area contributed by atoms with Crippen molar-refractivity contribution in [2.45, 2.75) is 107 Å². The molecule has 0 bridgehead atoms. The third-order valence-electron chi connectivity index (χ3n) is 8.97. The van der Waals surface area contributed by atoms with Crippen LogP contribution >= 0.6 is 0 Å². The highest BCUT2D eigenvalue weighted by Gasteiger charge is 2.40. The highest BCUT2D eigenvalue weighted by Crippen LogP contribution is 2.20. The summed E-state index contributed by atoms with van der Waals surface area (Å²) in [6.45, 7) is 0.515. The number of aliphatic carboxylic acids is 1. The lowest BCUT2D eigenvalue weighted by Crippen LogP contribution is -2.61. The van der Waals surface area contributed by atoms with E-state index in [0.717, 1.165) is 0 Å². The van der Waals surface area contributed by atoms with E-state index >= 15 is 0 Å². The zero-order chi connectivity index (χ0) is 42.8. The lowest BCUT2D eigenvalue weighted by molar-refractivity contribution is -0.147. The van der Waals surface area contributed by atoms with Gasteiger partial charge < -0.3 is 69.7 Å². The number of hydrogen-bond acceptors (Lipinski definition) is 13. The first-order chi connectivity index (χ1) is 26.9. The third-order valence-corrected chi connectivity index (χ3v) is 8.97. The van der Waals surface area contributed by atoms with Crippen LogP contribution < -0.4 is 49.5 Å². The molecular weight excluding hydrogens is 752 g/mol. The Hall–Kier alpha value is -5.71. The number of likely N-dealkylation sites (tertiary alicyclic amines) is 1. The Morgan fingerprint density at radius 3 is 1.91 bits per heavy atom. The van der Waals surface area contributed by atoms with Gasteiger partial charge in [0.25, 0.3) is 0 Å². The van der Waals surface area contributed by atoms with E-state index in [1.807, 2.05) is 0 Å². The number of benzene rings is 1. The maximum atomic E-state index is 14.1. The predicted octanol–water partition coefficient (Wildman–Crippen LogP) is -5.69. The topological polar surface area (TPSA) is 382 Å². The second kappa shape index (κ2) is 23.4. The zero-order valence-corrected chi connectivity index (χ0v) is 31.6. The number of aliphatic hydroxyl groups is 2. The molecule has 22 nitrogen and oxygen atoms in total. The molecule has 22 heteroatoms. The molecule has 16 N–H and O–H groups in total. The maximum Gasteiger partial charge on any atom is 0.328 e. The number of aliphatic hydroxyl groups excluding tert-OH is 2. The molecule has 2 rings (SSSR count). The number of nitrogens with one attached hydrogen (secondary N) is 5. The fraction of sp³-hybridized carbons (Fsp3) is 0.571. The molecule has 57 heavy (non-hydrogen) atoms. The minimum atomic E-state index is -1.70. The van der Waals surface area contributed by atoms with E-state index in [1.165, 1.54) is 11.8 Å². The standard InChI is InChI=1S/C35H54N10O12/c1-18(47)28(35(56)57)44-33(54)25-11-7-13-45(25)34(55)23(14-19-8-3-2-4-9-19)42-31(52)22(16-27(39)49)41-30(51)21(10-5-6-12-36)40-32(53)24(17-46)43-29(50)20(37)15-26(38)48/h2-4,8-9,18,20-25,28,46-47H,5-7,10-17,36-37H2,1H3,(H2,38,48)(H2,39,49)(H,40,53)(H,41,51)(H,42,52)(H,43,50)(H,44,54)(H,56,57)/t18-,20+,21+,22+,23+,24+,25+,28+/m1/s1. The zero-order valence-electron chi connectivity index (χ0n) is 31.6. The van der Waals surface area contributed by atoms with Crippen molar-refractivity contribution in [3.8, 4) is 0 Å². The van der Waals surface area contributed by atoms with Crippen LogP contribution in [-0.2, 0) is 49.6 Å². The van der Waals surface area contributed by atoms with Gasteiger partial charge >= 0.3 is 5.97 Å². The Kier molecular flexibility index (Phi) is 19.5. The molecule has 1 aromatic rings. The first kappa shape index (κ1) is 47.4. The van der Waals surface area contributed by atoms with E-state index in [-0.39, 0.29) is 38.8 Å². The summed E-state index contributed by atoms with van der Waals surface area (Å²) >= 11 is 0. The molecule has 1 heterocycles. The molecule has 0 saturated carbocycles. The Labute approximate surface area is 328 Å². The van der Waals surface area contributed by atoms with Crippen LogP contribution in [0.1, 0.15) is 57.4 Å². The summed E-state index contributed by atoms with van der Waals surface area (Å²) in [5.41, 5.74) is 22.3. The van der Waals surface area contributed by atoms with Gasteiger partial charge in [-0.25, -0.2) is 4.79 Å². The van der Waals surface area contributed by atoms with E-state index in [4.69, 9.17) is 22.9 Å². The van der Waals surface area contributed by atoms with Crippen LogP contribution in [0.3, 0.4) is 0 Å². The van der Waals surface area contributed by atoms with E-state index in [9.17, 15) is 58.5 Å². The van der Waals surface area contributed by atoms with Crippen LogP contribution in [0.2, 0.25) is 0 Å². The Bertz CT molecular complexity index is 1600. The number of carboxylic acid groups (broad SMARTS) is 1. The molecule has 8 amide bonds. The number of rotatable bonds is 24. The Morgan fingerprint density at radius 1 is 0.789 bits per heavy atom. The van der Waals surface area contributed by atoms with Crippen molar-refractivity contribution >= 4 is 53.2 Å². The van der Waals surface area contributed by atoms with Crippen molar-refractivity contribution in [3.63, 3.8) is 0 Å². The van der Waals surface area contributed by atoms with Crippen molar-refractivity contribution in [2.24, 2.45) is 22.9 Å². The van der Waals surface area contributed by atoms with E-state index in [2.05, 4.69) is 26.6 Å². The van der Waals surface area contributed by atoms with E-state index < -0.39 is 121 Å². The third kappa shape index (κ3) is 15.4. The molecule has 8 atom stereocenters. The van der Waals surface area contributed by atoms with Crippen LogP contribution in [0.25, 0.3) is 0 Å². The molecular formula is C35H54N10O12. The second-order valence-electron chi connectivity index (χ2n) is 13.6. The summed E-state index contributed by atoms with van der Waals surface area (Å²) in [4.78, 5) is 116. The van der Waals surface area contributed by atoms with Gasteiger partial charge in [-0.1, -0.05) is 30.3 Å². The van der Waals surface area contributed by atoms with Gasteiger partial charge in [-0.15, -0.1) is 0 Å². The Balaban J connectivity index is 2.36. The number of primary amides is 2. The molecule has 316 valence electrons. The second-order valence-corrected chi connectivity index (χ2v) is 13.6. The van der Waals surface area contributed by atoms with Gasteiger partial charge in [0.2, 0.25) is 47.3 Å². The summed E-state index contributed by atoms with van der Waals surface area (Å²) in [5.74, 6) is -9.03. The average molecular weight is 807 g/mol. The first-order valence-electron chi connectivity index (χ1n) is 18.3. The normalized spacial score (nSPS) is 17.4. The highest BCUT2D eigenvalue weighted by molar-refractivity contribution is 5.98. The van der Waals surface area contributed by atoms with Crippen molar-refractivity contribution in [1.29, 1.82) is 0 Å². The molecule has 1 aliphatic heterocycles. The van der Waals surface area contributed by atoms with Crippen molar-refractivity contribution in [1.82, 2.24) is 31.5 Å². The minimum Gasteiger partial charge on any atom is -0.480 e. The van der Waals surface area contributed by atoms with Crippen LogP contribution in [0.4, 0.5) is 0 Å². The average Bonchev–Trinajstić information content (AvgIpc) is 3.64. The van der Waals surface area contributed by atoms with Crippen LogP contribution in [-0.4, -0.2) is 142 Å². The monoisotopic (exact) mass is 806 g/mol. The molecule has 0 spiro atoms. The molecule has 0 radical (unpaired) electrons. The Morgan fingerprint density at radius 2 is 1.35 bits per heavy atom. The summed E-state index contributed by atoms with van der Waals surface area (Å²) in [7, 11) is 0. The largest absolute Gasteiger partial charge is 0.480 e. The van der Waals surface area contributed by atoms with E-state index in [1.54, 1.807) is 30.3 Å². The summed E-state index contributed by atoms with van der Waals surface area (Å²) in [6.07, 6.45) is -1.76. The SMILES string of the molecule is C[C@@H](O)[C@H](NC(=O)[C@@H]1CCCN1C(=O)[C@H](Cc1ccccc1)NC(=O)[C@H](CC(N)=O)NC(=O)[C@H](CCCCN)NC(=O)[C@H](CO)NC(=O)[C@@H](N)CC(N)=O)C(=O)O. The fourth-order valence-electron chi connectivity index (χ4n) is 5.96. The number of carbonyl (C=O) groups excluding carboxylic acids is 8. The molecule has 1 aliphatic rings. The smallest absolute Gasteiger partial charge is 0.328 e. The fourth-order valence-corrected chi connectivity index (χ4v) is 5.96. The van der Waals surface area contributed by atoms with Gasteiger partial charge in [-0.2, -0.15) is 0 Å². The van der Waals surface area contributed by atoms with Gasteiger partial charge in [0.1, 0.15) is 30.2 Å². The maximum absolute atomic E-state index is 14.1. The number of carboxylic acids is 1. The van der Waals surface area contributed by atoms with Crippen molar-refractivity contribution < 1.29 is 58.5 Å².